The largest absolute Gasteiger partial charge is 0.508 e. The van der Waals surface area contributed by atoms with Crippen LogP contribution >= 0.6 is 0 Å². The molecule has 198 valence electrons. The third-order valence-corrected chi connectivity index (χ3v) is 8.97. The Balaban J connectivity index is 1.36. The highest BCUT2D eigenvalue weighted by Gasteiger charge is 2.57. The van der Waals surface area contributed by atoms with Crippen LogP contribution in [0.3, 0.4) is 0 Å². The first-order valence-electron chi connectivity index (χ1n) is 14.3. The summed E-state index contributed by atoms with van der Waals surface area (Å²) in [6.07, 6.45) is 11.5. The number of rotatable bonds is 7. The smallest absolute Gasteiger partial charge is 0.455 e. The van der Waals surface area contributed by atoms with Gasteiger partial charge in [-0.05, 0) is 81.0 Å². The molecule has 2 amide bonds. The number of imide groups is 1. The van der Waals surface area contributed by atoms with Crippen LogP contribution < -0.4 is 0 Å². The molecule has 1 saturated carbocycles. The lowest BCUT2D eigenvalue weighted by atomic mass is 9.58. The Kier molecular flexibility index (Phi) is 7.92. The molecule has 2 N–H and O–H groups in total. The van der Waals surface area contributed by atoms with Crippen molar-refractivity contribution in [2.24, 2.45) is 17.8 Å². The molecule has 4 atom stereocenters. The highest BCUT2D eigenvalue weighted by molar-refractivity contribution is 6.43. The molecule has 2 aliphatic carbocycles. The van der Waals surface area contributed by atoms with E-state index in [1.807, 2.05) is 12.1 Å². The van der Waals surface area contributed by atoms with Gasteiger partial charge in [0.05, 0.1) is 17.9 Å². The van der Waals surface area contributed by atoms with Gasteiger partial charge < -0.3 is 14.8 Å². The van der Waals surface area contributed by atoms with Gasteiger partial charge in [0.2, 0.25) is 11.8 Å². The van der Waals surface area contributed by atoms with Crippen LogP contribution in [-0.4, -0.2) is 46.1 Å². The number of fused-ring (bicyclic) bond motifs is 3. The number of nitrogens with zero attached hydrogens (tertiary/aromatic N) is 1. The summed E-state index contributed by atoms with van der Waals surface area (Å²) in [7, 11) is -0.929. The third kappa shape index (κ3) is 5.30. The number of hydrogen-bond acceptors (Lipinski definition) is 5. The maximum absolute atomic E-state index is 13.7. The van der Waals surface area contributed by atoms with Crippen LogP contribution in [0.5, 0.6) is 5.75 Å². The van der Waals surface area contributed by atoms with Crippen LogP contribution in [0.4, 0.5) is 0 Å². The van der Waals surface area contributed by atoms with Crippen LogP contribution in [-0.2, 0) is 14.2 Å². The molecule has 2 aliphatic heterocycles. The summed E-state index contributed by atoms with van der Waals surface area (Å²) < 4.78 is 6.10. The first kappa shape index (κ1) is 26.2. The summed E-state index contributed by atoms with van der Waals surface area (Å²) in [4.78, 5) is 28.8. The lowest BCUT2D eigenvalue weighted by Crippen LogP contribution is -2.46. The summed E-state index contributed by atoms with van der Waals surface area (Å²) >= 11 is 0. The predicted octanol–water partition coefficient (Wildman–Crippen LogP) is 5.51. The van der Waals surface area contributed by atoms with Gasteiger partial charge in [0, 0.05) is 6.04 Å². The van der Waals surface area contributed by atoms with Crippen molar-refractivity contribution in [3.8, 4) is 5.75 Å². The lowest BCUT2D eigenvalue weighted by molar-refractivity contribution is -0.143. The van der Waals surface area contributed by atoms with Gasteiger partial charge in [0.15, 0.2) is 0 Å². The molecule has 0 unspecified atom stereocenters. The highest BCUT2D eigenvalue weighted by Crippen LogP contribution is 2.51. The second-order valence-electron chi connectivity index (χ2n) is 11.5. The van der Waals surface area contributed by atoms with E-state index < -0.39 is 7.12 Å². The summed E-state index contributed by atoms with van der Waals surface area (Å²) in [5, 5.41) is 20.6. The Bertz CT molecular complexity index is 1090. The van der Waals surface area contributed by atoms with Crippen LogP contribution in [0.1, 0.15) is 83.6 Å². The number of phenols is 1. The first-order chi connectivity index (χ1) is 17.9. The SMILES string of the molecule is CCC/C(=C\c1cccc(O)c1)CC[C@H]1OB(O)C[C@H]2C1=C(C)C[C@H]1C(=O)N(C3CCCCC3)C(=O)[C@H]12. The minimum Gasteiger partial charge on any atom is -0.508 e. The summed E-state index contributed by atoms with van der Waals surface area (Å²) in [6, 6.07) is 7.31. The minimum atomic E-state index is -0.929. The minimum absolute atomic E-state index is 0.0112. The Labute approximate surface area is 220 Å². The van der Waals surface area contributed by atoms with Crippen molar-refractivity contribution in [2.45, 2.75) is 96.5 Å². The van der Waals surface area contributed by atoms with E-state index in [-0.39, 0.29) is 47.5 Å². The molecule has 37 heavy (non-hydrogen) atoms. The van der Waals surface area contributed by atoms with E-state index in [1.165, 1.54) is 12.0 Å². The van der Waals surface area contributed by atoms with Gasteiger partial charge in [-0.2, -0.15) is 0 Å². The number of amides is 2. The maximum Gasteiger partial charge on any atom is 0.455 e. The van der Waals surface area contributed by atoms with E-state index in [4.69, 9.17) is 4.65 Å². The number of likely N-dealkylation sites (tertiary alicyclic amines) is 1. The number of carbonyl (C=O) groups excluding carboxylic acids is 2. The van der Waals surface area contributed by atoms with Gasteiger partial charge in [-0.1, -0.05) is 62.0 Å². The third-order valence-electron chi connectivity index (χ3n) is 8.97. The molecule has 2 heterocycles. The molecule has 0 bridgehead atoms. The van der Waals surface area contributed by atoms with Gasteiger partial charge in [-0.15, -0.1) is 0 Å². The van der Waals surface area contributed by atoms with Crippen molar-refractivity contribution in [2.75, 3.05) is 0 Å². The molecule has 0 radical (unpaired) electrons. The van der Waals surface area contributed by atoms with Crippen molar-refractivity contribution in [3.63, 3.8) is 0 Å². The summed E-state index contributed by atoms with van der Waals surface area (Å²) in [5.74, 6) is -0.552. The number of allylic oxidation sites excluding steroid dienone is 2. The number of carbonyl (C=O) groups is 2. The molecular weight excluding hydrogens is 465 g/mol. The van der Waals surface area contributed by atoms with Gasteiger partial charge in [-0.25, -0.2) is 0 Å². The van der Waals surface area contributed by atoms with E-state index in [9.17, 15) is 19.7 Å². The zero-order valence-electron chi connectivity index (χ0n) is 22.2. The number of phenolic OH excluding ortho intramolecular Hbond substituents is 1. The van der Waals surface area contributed by atoms with Crippen LogP contribution in [0.15, 0.2) is 41.0 Å². The van der Waals surface area contributed by atoms with E-state index >= 15 is 0 Å². The second-order valence-corrected chi connectivity index (χ2v) is 11.5. The predicted molar refractivity (Wildman–Crippen MR) is 144 cm³/mol. The van der Waals surface area contributed by atoms with Crippen molar-refractivity contribution >= 4 is 25.0 Å². The van der Waals surface area contributed by atoms with Crippen molar-refractivity contribution < 1.29 is 24.4 Å². The molecule has 0 aromatic heterocycles. The molecule has 1 aromatic rings. The number of hydrogen-bond donors (Lipinski definition) is 2. The zero-order chi connectivity index (χ0) is 26.1. The van der Waals surface area contributed by atoms with Gasteiger partial charge in [-0.3, -0.25) is 14.5 Å². The summed E-state index contributed by atoms with van der Waals surface area (Å²) in [6.45, 7) is 4.24. The Hall–Kier alpha value is -2.38. The highest BCUT2D eigenvalue weighted by atomic mass is 16.5. The van der Waals surface area contributed by atoms with Crippen molar-refractivity contribution in [1.82, 2.24) is 4.90 Å². The van der Waals surface area contributed by atoms with E-state index in [1.54, 1.807) is 17.0 Å². The fraction of sp³-hybridized carbons (Fsp3) is 0.600. The quantitative estimate of drug-likeness (QED) is 0.290. The molecule has 6 nitrogen and oxygen atoms in total. The monoisotopic (exact) mass is 505 g/mol. The molecule has 1 aromatic carbocycles. The average Bonchev–Trinajstić information content (AvgIpc) is 3.12. The zero-order valence-corrected chi connectivity index (χ0v) is 22.2. The average molecular weight is 505 g/mol. The van der Waals surface area contributed by atoms with Crippen LogP contribution in [0.2, 0.25) is 6.32 Å². The second kappa shape index (κ2) is 11.2. The van der Waals surface area contributed by atoms with Gasteiger partial charge >= 0.3 is 7.12 Å². The van der Waals surface area contributed by atoms with Gasteiger partial charge in [0.25, 0.3) is 0 Å². The lowest BCUT2D eigenvalue weighted by Gasteiger charge is -2.42. The Morgan fingerprint density at radius 3 is 2.65 bits per heavy atom. The van der Waals surface area contributed by atoms with E-state index in [2.05, 4.69) is 19.9 Å². The normalized spacial score (nSPS) is 29.1. The van der Waals surface area contributed by atoms with Gasteiger partial charge in [0.1, 0.15) is 5.75 Å². The van der Waals surface area contributed by atoms with Crippen LogP contribution in [0.25, 0.3) is 6.08 Å². The molecule has 7 heteroatoms. The molecule has 2 saturated heterocycles. The molecule has 5 rings (SSSR count). The molecule has 0 spiro atoms. The molecule has 4 aliphatic rings. The molecule has 3 fully saturated rings. The standard InChI is InChI=1S/C30H40BNO5/c1-3-8-20(16-21-9-7-12-23(33)17-21)13-14-26-27-19(2)15-24-28(25(27)18-31(36)37-26)30(35)32(29(24)34)22-10-5-4-6-11-22/h7,9,12,16-17,22,24-26,28,33,36H,3-6,8,10-11,13-15,18H2,1-2H3/b20-16+/t24-,25+,26-,28-/m1/s1. The van der Waals surface area contributed by atoms with E-state index in [0.717, 1.165) is 68.1 Å². The molecular formula is C30H40BNO5. The fourth-order valence-electron chi connectivity index (χ4n) is 7.40. The topological polar surface area (TPSA) is 87.1 Å². The van der Waals surface area contributed by atoms with E-state index in [0.29, 0.717) is 12.7 Å². The Morgan fingerprint density at radius 2 is 1.92 bits per heavy atom. The first-order valence-corrected chi connectivity index (χ1v) is 14.3. The van der Waals surface area contributed by atoms with Crippen LogP contribution in [0, 0.1) is 17.8 Å². The fourth-order valence-corrected chi connectivity index (χ4v) is 7.40. The summed E-state index contributed by atoms with van der Waals surface area (Å²) in [5.41, 5.74) is 4.55. The number of aromatic hydroxyl groups is 1. The number of benzene rings is 1. The maximum atomic E-state index is 13.7. The van der Waals surface area contributed by atoms with Crippen molar-refractivity contribution in [1.29, 1.82) is 0 Å². The van der Waals surface area contributed by atoms with Crippen molar-refractivity contribution in [3.05, 3.63) is 46.5 Å². The Morgan fingerprint density at radius 1 is 1.14 bits per heavy atom.